The van der Waals surface area contributed by atoms with Crippen molar-refractivity contribution >= 4 is 0 Å². The molecular formula is C17H20O2. The Morgan fingerprint density at radius 3 is 2.37 bits per heavy atom. The van der Waals surface area contributed by atoms with E-state index in [0.29, 0.717) is 11.3 Å². The summed E-state index contributed by atoms with van der Waals surface area (Å²) < 4.78 is 0. The summed E-state index contributed by atoms with van der Waals surface area (Å²) in [5.74, 6) is 0.503. The summed E-state index contributed by atoms with van der Waals surface area (Å²) in [4.78, 5) is 0. The Morgan fingerprint density at radius 2 is 1.68 bits per heavy atom. The van der Waals surface area contributed by atoms with Gasteiger partial charge in [-0.15, -0.1) is 0 Å². The van der Waals surface area contributed by atoms with Gasteiger partial charge in [0, 0.05) is 5.56 Å². The van der Waals surface area contributed by atoms with Gasteiger partial charge in [-0.3, -0.25) is 0 Å². The first-order valence-electron chi connectivity index (χ1n) is 6.82. The molecule has 19 heavy (non-hydrogen) atoms. The Hall–Kier alpha value is -1.96. The molecule has 2 rings (SSSR count). The Kier molecular flexibility index (Phi) is 4.45. The van der Waals surface area contributed by atoms with Gasteiger partial charge in [-0.2, -0.15) is 0 Å². The summed E-state index contributed by atoms with van der Waals surface area (Å²) in [6.07, 6.45) is 4.11. The van der Waals surface area contributed by atoms with Gasteiger partial charge >= 0.3 is 0 Å². The molecule has 2 nitrogen and oxygen atoms in total. The van der Waals surface area contributed by atoms with Crippen molar-refractivity contribution in [2.75, 3.05) is 0 Å². The fourth-order valence-corrected chi connectivity index (χ4v) is 2.27. The maximum atomic E-state index is 10.4. The average Bonchev–Trinajstić information content (AvgIpc) is 2.43. The minimum absolute atomic E-state index is 0.211. The van der Waals surface area contributed by atoms with Crippen molar-refractivity contribution in [1.82, 2.24) is 0 Å². The SMILES string of the molecule is CCCCCc1cc(O)cc(-c2ccccc2)c1O. The number of hydrogen-bond acceptors (Lipinski definition) is 2. The van der Waals surface area contributed by atoms with E-state index in [1.807, 2.05) is 30.3 Å². The lowest BCUT2D eigenvalue weighted by Crippen LogP contribution is -1.89. The van der Waals surface area contributed by atoms with Gasteiger partial charge in [-0.25, -0.2) is 0 Å². The van der Waals surface area contributed by atoms with Gasteiger partial charge in [0.2, 0.25) is 0 Å². The predicted octanol–water partition coefficient (Wildman–Crippen LogP) is 4.50. The smallest absolute Gasteiger partial charge is 0.126 e. The Bertz CT molecular complexity index is 532. The lowest BCUT2D eigenvalue weighted by molar-refractivity contribution is 0.454. The Balaban J connectivity index is 2.34. The van der Waals surface area contributed by atoms with Crippen LogP contribution in [0.2, 0.25) is 0 Å². The second-order valence-electron chi connectivity index (χ2n) is 4.82. The minimum atomic E-state index is 0.211. The van der Waals surface area contributed by atoms with Crippen LogP contribution in [0.1, 0.15) is 31.7 Å². The van der Waals surface area contributed by atoms with E-state index in [2.05, 4.69) is 6.92 Å². The van der Waals surface area contributed by atoms with E-state index in [4.69, 9.17) is 0 Å². The first-order chi connectivity index (χ1) is 9.22. The molecule has 0 aromatic heterocycles. The molecule has 0 heterocycles. The molecule has 0 aliphatic rings. The summed E-state index contributed by atoms with van der Waals surface area (Å²) in [6, 6.07) is 12.9. The van der Waals surface area contributed by atoms with Gasteiger partial charge in [-0.05, 0) is 36.1 Å². The van der Waals surface area contributed by atoms with Gasteiger partial charge in [0.05, 0.1) is 0 Å². The van der Waals surface area contributed by atoms with Crippen LogP contribution < -0.4 is 0 Å². The van der Waals surface area contributed by atoms with Crippen LogP contribution in [0, 0.1) is 0 Å². The van der Waals surface area contributed by atoms with Crippen molar-refractivity contribution in [2.45, 2.75) is 32.6 Å². The van der Waals surface area contributed by atoms with E-state index in [9.17, 15) is 10.2 Å². The average molecular weight is 256 g/mol. The highest BCUT2D eigenvalue weighted by Crippen LogP contribution is 2.36. The van der Waals surface area contributed by atoms with E-state index in [1.165, 1.54) is 0 Å². The van der Waals surface area contributed by atoms with Crippen LogP contribution >= 0.6 is 0 Å². The van der Waals surface area contributed by atoms with E-state index < -0.39 is 0 Å². The first kappa shape index (κ1) is 13.5. The molecule has 0 spiro atoms. The van der Waals surface area contributed by atoms with Crippen molar-refractivity contribution in [1.29, 1.82) is 0 Å². The number of unbranched alkanes of at least 4 members (excludes halogenated alkanes) is 2. The van der Waals surface area contributed by atoms with Crippen molar-refractivity contribution in [3.8, 4) is 22.6 Å². The molecule has 0 unspecified atom stereocenters. The van der Waals surface area contributed by atoms with Crippen molar-refractivity contribution in [3.05, 3.63) is 48.0 Å². The normalized spacial score (nSPS) is 10.6. The van der Waals surface area contributed by atoms with E-state index in [-0.39, 0.29) is 5.75 Å². The summed E-state index contributed by atoms with van der Waals surface area (Å²) in [5.41, 5.74) is 2.45. The molecule has 0 aliphatic carbocycles. The molecule has 0 bridgehead atoms. The van der Waals surface area contributed by atoms with Crippen LogP contribution in [-0.4, -0.2) is 10.2 Å². The quantitative estimate of drug-likeness (QED) is 0.611. The molecule has 2 aromatic carbocycles. The number of phenolic OH excluding ortho intramolecular Hbond substituents is 2. The Morgan fingerprint density at radius 1 is 0.947 bits per heavy atom. The van der Waals surface area contributed by atoms with Gasteiger partial charge in [0.25, 0.3) is 0 Å². The zero-order valence-electron chi connectivity index (χ0n) is 11.3. The molecule has 0 amide bonds. The van der Waals surface area contributed by atoms with Crippen molar-refractivity contribution in [2.24, 2.45) is 0 Å². The fraction of sp³-hybridized carbons (Fsp3) is 0.294. The van der Waals surface area contributed by atoms with Gasteiger partial charge in [0.1, 0.15) is 11.5 Å². The topological polar surface area (TPSA) is 40.5 Å². The third-order valence-corrected chi connectivity index (χ3v) is 3.31. The second kappa shape index (κ2) is 6.28. The predicted molar refractivity (Wildman–Crippen MR) is 78.4 cm³/mol. The van der Waals surface area contributed by atoms with Crippen LogP contribution in [0.5, 0.6) is 11.5 Å². The number of aryl methyl sites for hydroxylation is 1. The third-order valence-electron chi connectivity index (χ3n) is 3.31. The van der Waals surface area contributed by atoms with Crippen LogP contribution in [0.15, 0.2) is 42.5 Å². The van der Waals surface area contributed by atoms with Crippen molar-refractivity contribution < 1.29 is 10.2 Å². The summed E-state index contributed by atoms with van der Waals surface area (Å²) in [6.45, 7) is 2.15. The van der Waals surface area contributed by atoms with Crippen molar-refractivity contribution in [3.63, 3.8) is 0 Å². The highest BCUT2D eigenvalue weighted by molar-refractivity contribution is 5.73. The molecule has 0 atom stereocenters. The lowest BCUT2D eigenvalue weighted by Gasteiger charge is -2.11. The van der Waals surface area contributed by atoms with Crippen LogP contribution in [0.3, 0.4) is 0 Å². The molecule has 0 fully saturated rings. The van der Waals surface area contributed by atoms with Crippen LogP contribution in [0.25, 0.3) is 11.1 Å². The maximum Gasteiger partial charge on any atom is 0.126 e. The molecule has 0 saturated heterocycles. The summed E-state index contributed by atoms with van der Waals surface area (Å²) >= 11 is 0. The van der Waals surface area contributed by atoms with E-state index in [1.54, 1.807) is 12.1 Å². The standard InChI is InChI=1S/C17H20O2/c1-2-3-5-10-14-11-15(18)12-16(17(14)19)13-8-6-4-7-9-13/h4,6-9,11-12,18-19H,2-3,5,10H2,1H3. The zero-order valence-corrected chi connectivity index (χ0v) is 11.3. The number of aromatic hydroxyl groups is 2. The number of hydrogen-bond donors (Lipinski definition) is 2. The molecule has 0 aliphatic heterocycles. The van der Waals surface area contributed by atoms with Crippen LogP contribution in [-0.2, 0) is 6.42 Å². The number of rotatable bonds is 5. The highest BCUT2D eigenvalue weighted by atomic mass is 16.3. The van der Waals surface area contributed by atoms with Gasteiger partial charge < -0.3 is 10.2 Å². The third kappa shape index (κ3) is 3.28. The molecule has 100 valence electrons. The van der Waals surface area contributed by atoms with E-state index >= 15 is 0 Å². The lowest BCUT2D eigenvalue weighted by atomic mass is 9.98. The van der Waals surface area contributed by atoms with E-state index in [0.717, 1.165) is 36.8 Å². The molecule has 0 radical (unpaired) electrons. The first-order valence-corrected chi connectivity index (χ1v) is 6.82. The fourth-order valence-electron chi connectivity index (χ4n) is 2.27. The Labute approximate surface area is 114 Å². The molecule has 0 saturated carbocycles. The molecule has 2 heteroatoms. The molecular weight excluding hydrogens is 236 g/mol. The minimum Gasteiger partial charge on any atom is -0.508 e. The second-order valence-corrected chi connectivity index (χ2v) is 4.82. The van der Waals surface area contributed by atoms with Crippen LogP contribution in [0.4, 0.5) is 0 Å². The largest absolute Gasteiger partial charge is 0.508 e. The molecule has 2 N–H and O–H groups in total. The number of phenols is 2. The van der Waals surface area contributed by atoms with Gasteiger partial charge in [-0.1, -0.05) is 50.1 Å². The number of benzene rings is 2. The summed E-state index contributed by atoms with van der Waals surface area (Å²) in [7, 11) is 0. The zero-order chi connectivity index (χ0) is 13.7. The molecule has 2 aromatic rings. The summed E-state index contributed by atoms with van der Waals surface area (Å²) in [5, 5.41) is 20.2. The maximum absolute atomic E-state index is 10.4. The monoisotopic (exact) mass is 256 g/mol. The highest BCUT2D eigenvalue weighted by Gasteiger charge is 2.11. The van der Waals surface area contributed by atoms with Gasteiger partial charge in [0.15, 0.2) is 0 Å².